The van der Waals surface area contributed by atoms with E-state index in [-0.39, 0.29) is 22.7 Å². The first-order valence-corrected chi connectivity index (χ1v) is 7.94. The van der Waals surface area contributed by atoms with Crippen LogP contribution in [-0.2, 0) is 4.74 Å². The molecule has 0 radical (unpaired) electrons. The number of carbonyl (C=O) groups excluding carboxylic acids is 2. The number of rotatable bonds is 5. The number of benzene rings is 2. The van der Waals surface area contributed by atoms with Gasteiger partial charge in [0, 0.05) is 17.8 Å². The molecule has 0 aliphatic carbocycles. The third-order valence-corrected chi connectivity index (χ3v) is 3.11. The highest BCUT2D eigenvalue weighted by molar-refractivity contribution is 5.95. The summed E-state index contributed by atoms with van der Waals surface area (Å²) in [7, 11) is 2.63. The van der Waals surface area contributed by atoms with Crippen LogP contribution in [0.15, 0.2) is 42.5 Å². The number of esters is 1. The van der Waals surface area contributed by atoms with Gasteiger partial charge in [0.25, 0.3) is 5.69 Å². The Bertz CT molecular complexity index is 804. The highest BCUT2D eigenvalue weighted by Crippen LogP contribution is 2.24. The van der Waals surface area contributed by atoms with E-state index < -0.39 is 17.0 Å². The number of amides is 1. The highest BCUT2D eigenvalue weighted by Gasteiger charge is 2.15. The van der Waals surface area contributed by atoms with Gasteiger partial charge in [-0.05, 0) is 30.3 Å². The molecular formula is C18H20N2O7. The van der Waals surface area contributed by atoms with E-state index >= 15 is 0 Å². The van der Waals surface area contributed by atoms with Crippen LogP contribution in [0.2, 0.25) is 0 Å². The van der Waals surface area contributed by atoms with Crippen molar-refractivity contribution >= 4 is 23.4 Å². The van der Waals surface area contributed by atoms with Gasteiger partial charge in [0.15, 0.2) is 0 Å². The smallest absolute Gasteiger partial charge is 0.417 e. The van der Waals surface area contributed by atoms with Crippen LogP contribution in [-0.4, -0.2) is 31.2 Å². The Morgan fingerprint density at radius 1 is 1.04 bits per heavy atom. The SMILES string of the molecule is CC.COC(=O)c1cc(NC(=O)Oc2ccc([N+](=O)[O-])cc2)ccc1OC. The Kier molecular flexibility index (Phi) is 8.24. The van der Waals surface area contributed by atoms with Crippen LogP contribution in [0, 0.1) is 10.1 Å². The molecule has 0 atom stereocenters. The molecule has 0 spiro atoms. The fourth-order valence-electron chi connectivity index (χ4n) is 1.94. The number of nitrogens with one attached hydrogen (secondary N) is 1. The summed E-state index contributed by atoms with van der Waals surface area (Å²) < 4.78 is 14.7. The third-order valence-electron chi connectivity index (χ3n) is 3.11. The molecule has 0 fully saturated rings. The van der Waals surface area contributed by atoms with Crippen molar-refractivity contribution in [2.24, 2.45) is 0 Å². The van der Waals surface area contributed by atoms with Crippen molar-refractivity contribution in [3.63, 3.8) is 0 Å². The third kappa shape index (κ3) is 5.99. The molecule has 2 rings (SSSR count). The monoisotopic (exact) mass is 376 g/mol. The second kappa shape index (κ2) is 10.4. The average molecular weight is 376 g/mol. The molecule has 9 nitrogen and oxygen atoms in total. The lowest BCUT2D eigenvalue weighted by atomic mass is 10.2. The number of anilines is 1. The maximum Gasteiger partial charge on any atom is 0.417 e. The second-order valence-electron chi connectivity index (χ2n) is 4.67. The van der Waals surface area contributed by atoms with E-state index in [1.54, 1.807) is 0 Å². The normalized spacial score (nSPS) is 9.33. The fourth-order valence-corrected chi connectivity index (χ4v) is 1.94. The number of nitro groups is 1. The number of nitro benzene ring substituents is 1. The second-order valence-corrected chi connectivity index (χ2v) is 4.67. The molecule has 0 bridgehead atoms. The van der Waals surface area contributed by atoms with E-state index in [9.17, 15) is 19.7 Å². The predicted octanol–water partition coefficient (Wildman–Crippen LogP) is 4.03. The largest absolute Gasteiger partial charge is 0.496 e. The topological polar surface area (TPSA) is 117 Å². The minimum Gasteiger partial charge on any atom is -0.496 e. The minimum atomic E-state index is -0.824. The molecule has 2 aromatic rings. The summed E-state index contributed by atoms with van der Waals surface area (Å²) in [6.07, 6.45) is -0.824. The highest BCUT2D eigenvalue weighted by atomic mass is 16.6. The lowest BCUT2D eigenvalue weighted by Crippen LogP contribution is -2.17. The first kappa shape index (κ1) is 21.4. The maximum atomic E-state index is 11.9. The van der Waals surface area contributed by atoms with Gasteiger partial charge >= 0.3 is 12.1 Å². The molecule has 0 aromatic heterocycles. The zero-order valence-electron chi connectivity index (χ0n) is 15.3. The Morgan fingerprint density at radius 3 is 2.19 bits per heavy atom. The summed E-state index contributed by atoms with van der Waals surface area (Å²) in [4.78, 5) is 33.6. The zero-order chi connectivity index (χ0) is 20.4. The number of nitrogens with zero attached hydrogens (tertiary/aromatic N) is 1. The quantitative estimate of drug-likeness (QED) is 0.475. The Hall–Kier alpha value is -3.62. The minimum absolute atomic E-state index is 0.120. The summed E-state index contributed by atoms with van der Waals surface area (Å²) in [5.41, 5.74) is 0.303. The molecule has 27 heavy (non-hydrogen) atoms. The number of carbonyl (C=O) groups is 2. The van der Waals surface area contributed by atoms with Crippen LogP contribution < -0.4 is 14.8 Å². The Morgan fingerprint density at radius 2 is 1.67 bits per heavy atom. The van der Waals surface area contributed by atoms with E-state index in [4.69, 9.17) is 9.47 Å². The number of ether oxygens (including phenoxy) is 3. The fraction of sp³-hybridized carbons (Fsp3) is 0.222. The lowest BCUT2D eigenvalue weighted by molar-refractivity contribution is -0.384. The summed E-state index contributed by atoms with van der Waals surface area (Å²) in [6, 6.07) is 9.41. The van der Waals surface area contributed by atoms with Crippen LogP contribution in [0.1, 0.15) is 24.2 Å². The summed E-state index contributed by atoms with van der Waals surface area (Å²) in [5, 5.41) is 13.0. The first-order chi connectivity index (χ1) is 12.9. The lowest BCUT2D eigenvalue weighted by Gasteiger charge is -2.10. The van der Waals surface area contributed by atoms with Crippen molar-refractivity contribution in [3.05, 3.63) is 58.1 Å². The van der Waals surface area contributed by atoms with E-state index in [1.807, 2.05) is 13.8 Å². The van der Waals surface area contributed by atoms with Gasteiger partial charge in [0.1, 0.15) is 17.1 Å². The van der Waals surface area contributed by atoms with E-state index in [0.717, 1.165) is 0 Å². The van der Waals surface area contributed by atoms with Gasteiger partial charge in [-0.15, -0.1) is 0 Å². The van der Waals surface area contributed by atoms with Crippen LogP contribution >= 0.6 is 0 Å². The molecule has 144 valence electrons. The van der Waals surface area contributed by atoms with E-state index in [1.165, 1.54) is 56.7 Å². The van der Waals surface area contributed by atoms with Gasteiger partial charge < -0.3 is 14.2 Å². The van der Waals surface area contributed by atoms with Gasteiger partial charge in [-0.2, -0.15) is 0 Å². The number of non-ortho nitro benzene ring substituents is 1. The van der Waals surface area contributed by atoms with Crippen LogP contribution in [0.4, 0.5) is 16.2 Å². The van der Waals surface area contributed by atoms with Gasteiger partial charge in [0.2, 0.25) is 0 Å². The van der Waals surface area contributed by atoms with Gasteiger partial charge in [-0.1, -0.05) is 13.8 Å². The molecule has 0 unspecified atom stereocenters. The van der Waals surface area contributed by atoms with Crippen molar-refractivity contribution < 1.29 is 28.7 Å². The summed E-state index contributed by atoms with van der Waals surface area (Å²) in [5.74, 6) is -0.199. The van der Waals surface area contributed by atoms with E-state index in [0.29, 0.717) is 5.75 Å². The van der Waals surface area contributed by atoms with Crippen molar-refractivity contribution in [1.82, 2.24) is 0 Å². The Balaban J connectivity index is 0.00000176. The number of methoxy groups -OCH3 is 2. The molecular weight excluding hydrogens is 356 g/mol. The molecule has 9 heteroatoms. The van der Waals surface area contributed by atoms with Crippen molar-refractivity contribution in [3.8, 4) is 11.5 Å². The van der Waals surface area contributed by atoms with E-state index in [2.05, 4.69) is 10.1 Å². The molecule has 2 aromatic carbocycles. The predicted molar refractivity (Wildman–Crippen MR) is 98.4 cm³/mol. The first-order valence-electron chi connectivity index (χ1n) is 7.94. The molecule has 0 heterocycles. The van der Waals surface area contributed by atoms with Crippen LogP contribution in [0.25, 0.3) is 0 Å². The molecule has 0 aliphatic heterocycles. The maximum absolute atomic E-state index is 11.9. The van der Waals surface area contributed by atoms with Gasteiger partial charge in [0.05, 0.1) is 19.1 Å². The van der Waals surface area contributed by atoms with Crippen LogP contribution in [0.5, 0.6) is 11.5 Å². The Labute approximate surface area is 156 Å². The van der Waals surface area contributed by atoms with Crippen LogP contribution in [0.3, 0.4) is 0 Å². The molecule has 1 amide bonds. The number of hydrogen-bond acceptors (Lipinski definition) is 7. The van der Waals surface area contributed by atoms with Crippen molar-refractivity contribution in [1.29, 1.82) is 0 Å². The molecule has 1 N–H and O–H groups in total. The summed E-state index contributed by atoms with van der Waals surface area (Å²) >= 11 is 0. The molecule has 0 aliphatic rings. The number of hydrogen-bond donors (Lipinski definition) is 1. The summed E-state index contributed by atoms with van der Waals surface area (Å²) in [6.45, 7) is 4.00. The molecule has 0 saturated heterocycles. The molecule has 0 saturated carbocycles. The van der Waals surface area contributed by atoms with Crippen molar-refractivity contribution in [2.75, 3.05) is 19.5 Å². The van der Waals surface area contributed by atoms with Crippen molar-refractivity contribution in [2.45, 2.75) is 13.8 Å². The van der Waals surface area contributed by atoms with Gasteiger partial charge in [-0.3, -0.25) is 15.4 Å². The zero-order valence-corrected chi connectivity index (χ0v) is 15.3. The average Bonchev–Trinajstić information content (AvgIpc) is 2.69. The van der Waals surface area contributed by atoms with Gasteiger partial charge in [-0.25, -0.2) is 9.59 Å². The standard InChI is InChI=1S/C16H14N2O7.C2H6/c1-23-14-8-3-10(9-13(14)15(19)24-2)17-16(20)25-12-6-4-11(5-7-12)18(21)22;1-2/h3-9H,1-2H3,(H,17,20);1-2H3.